The second-order valence-electron chi connectivity index (χ2n) is 2.82. The highest BCUT2D eigenvalue weighted by Crippen LogP contribution is 2.18. The van der Waals surface area contributed by atoms with Gasteiger partial charge in [-0.15, -0.1) is 0 Å². The van der Waals surface area contributed by atoms with Crippen molar-refractivity contribution in [2.75, 3.05) is 0 Å². The minimum absolute atomic E-state index is 0.680. The summed E-state index contributed by atoms with van der Waals surface area (Å²) in [4.78, 5) is 10.6. The van der Waals surface area contributed by atoms with Crippen LogP contribution in [0.4, 0.5) is 0 Å². The van der Waals surface area contributed by atoms with Gasteiger partial charge in [-0.05, 0) is 52.8 Å². The van der Waals surface area contributed by atoms with Crippen LogP contribution >= 0.6 is 22.6 Å². The Balaban J connectivity index is 3.12. The van der Waals surface area contributed by atoms with Gasteiger partial charge in [0.15, 0.2) is 0 Å². The first-order valence-corrected chi connectivity index (χ1v) is 4.84. The minimum atomic E-state index is -0.995. The maximum absolute atomic E-state index is 10.6. The Kier molecular flexibility index (Phi) is 3.27. The molecule has 1 rings (SSSR count). The molecule has 0 saturated heterocycles. The molecule has 0 fully saturated rings. The number of aryl methyl sites for hydroxylation is 1. The molecule has 13 heavy (non-hydrogen) atoms. The molecule has 0 spiro atoms. The third-order valence-electron chi connectivity index (χ3n) is 1.84. The number of carbonyl (C=O) groups is 1. The summed E-state index contributed by atoms with van der Waals surface area (Å²) in [6, 6.07) is 4.68. The summed E-state index contributed by atoms with van der Waals surface area (Å²) in [5.41, 5.74) is 7.10. The molecule has 3 N–H and O–H groups in total. The Hall–Kier alpha value is -0.620. The molecular weight excluding hydrogens is 281 g/mol. The Labute approximate surface area is 90.1 Å². The normalized spacial score (nSPS) is 12.5. The Bertz CT molecular complexity index is 338. The quantitative estimate of drug-likeness (QED) is 0.815. The fraction of sp³-hybridized carbons (Fsp3) is 0.222. The van der Waals surface area contributed by atoms with Gasteiger partial charge in [-0.25, -0.2) is 0 Å². The summed E-state index contributed by atoms with van der Waals surface area (Å²) >= 11 is 2.13. The molecule has 0 amide bonds. The summed E-state index contributed by atoms with van der Waals surface area (Å²) in [5, 5.41) is 8.72. The predicted octanol–water partition coefficient (Wildman–Crippen LogP) is 1.68. The number of aliphatic carboxylic acids is 1. The van der Waals surface area contributed by atoms with Crippen LogP contribution < -0.4 is 5.73 Å². The van der Waals surface area contributed by atoms with E-state index >= 15 is 0 Å². The number of nitrogens with two attached hydrogens (primary N) is 1. The van der Waals surface area contributed by atoms with E-state index in [2.05, 4.69) is 22.6 Å². The van der Waals surface area contributed by atoms with E-state index in [0.29, 0.717) is 5.56 Å². The fourth-order valence-electron chi connectivity index (χ4n) is 1.08. The zero-order valence-corrected chi connectivity index (χ0v) is 9.28. The minimum Gasteiger partial charge on any atom is -0.480 e. The lowest BCUT2D eigenvalue weighted by Gasteiger charge is -2.10. The predicted molar refractivity (Wildman–Crippen MR) is 58.5 cm³/mol. The van der Waals surface area contributed by atoms with Crippen molar-refractivity contribution in [1.82, 2.24) is 0 Å². The third-order valence-corrected chi connectivity index (χ3v) is 2.51. The van der Waals surface area contributed by atoms with E-state index in [1.165, 1.54) is 0 Å². The van der Waals surface area contributed by atoms with Crippen LogP contribution in [0.25, 0.3) is 0 Å². The van der Waals surface area contributed by atoms with Crippen LogP contribution in [0.2, 0.25) is 0 Å². The maximum Gasteiger partial charge on any atom is 0.325 e. The number of hydrogen-bond donors (Lipinski definition) is 2. The third kappa shape index (κ3) is 2.41. The number of halogens is 1. The highest BCUT2D eigenvalue weighted by Gasteiger charge is 2.16. The van der Waals surface area contributed by atoms with Crippen molar-refractivity contribution >= 4 is 28.6 Å². The summed E-state index contributed by atoms with van der Waals surface area (Å²) in [6.07, 6.45) is 0. The highest BCUT2D eigenvalue weighted by molar-refractivity contribution is 14.1. The molecule has 1 aromatic carbocycles. The topological polar surface area (TPSA) is 63.3 Å². The van der Waals surface area contributed by atoms with Crippen molar-refractivity contribution in [2.24, 2.45) is 5.73 Å². The SMILES string of the molecule is Cc1ccc(I)cc1[C@H](N)C(=O)O. The van der Waals surface area contributed by atoms with Gasteiger partial charge in [0.05, 0.1) is 0 Å². The van der Waals surface area contributed by atoms with Crippen LogP contribution in [0.5, 0.6) is 0 Å². The number of hydrogen-bond acceptors (Lipinski definition) is 2. The lowest BCUT2D eigenvalue weighted by molar-refractivity contribution is -0.138. The molecule has 0 radical (unpaired) electrons. The Morgan fingerprint density at radius 2 is 2.23 bits per heavy atom. The number of carboxylic acids is 1. The molecule has 3 nitrogen and oxygen atoms in total. The van der Waals surface area contributed by atoms with Gasteiger partial charge in [0.1, 0.15) is 6.04 Å². The van der Waals surface area contributed by atoms with Gasteiger partial charge in [-0.1, -0.05) is 6.07 Å². The van der Waals surface area contributed by atoms with Gasteiger partial charge < -0.3 is 10.8 Å². The van der Waals surface area contributed by atoms with E-state index in [-0.39, 0.29) is 0 Å². The fourth-order valence-corrected chi connectivity index (χ4v) is 1.59. The second-order valence-corrected chi connectivity index (χ2v) is 4.06. The molecule has 1 aromatic rings. The van der Waals surface area contributed by atoms with Gasteiger partial charge >= 0.3 is 5.97 Å². The van der Waals surface area contributed by atoms with Crippen molar-refractivity contribution < 1.29 is 9.90 Å². The first-order valence-electron chi connectivity index (χ1n) is 3.77. The van der Waals surface area contributed by atoms with Crippen molar-refractivity contribution in [1.29, 1.82) is 0 Å². The van der Waals surface area contributed by atoms with Crippen molar-refractivity contribution in [3.8, 4) is 0 Å². The second kappa shape index (κ2) is 4.06. The average Bonchev–Trinajstić information content (AvgIpc) is 2.08. The molecule has 0 aromatic heterocycles. The van der Waals surface area contributed by atoms with Gasteiger partial charge in [-0.2, -0.15) is 0 Å². The number of carboxylic acid groups (broad SMARTS) is 1. The van der Waals surface area contributed by atoms with Crippen LogP contribution in [0.3, 0.4) is 0 Å². The lowest BCUT2D eigenvalue weighted by atomic mass is 10.0. The molecule has 0 aliphatic carbocycles. The standard InChI is InChI=1S/C9H10INO2/c1-5-2-3-6(10)4-7(5)8(11)9(12)13/h2-4,8H,11H2,1H3,(H,12,13)/t8-/m0/s1. The van der Waals surface area contributed by atoms with E-state index in [0.717, 1.165) is 9.13 Å². The largest absolute Gasteiger partial charge is 0.480 e. The van der Waals surface area contributed by atoms with E-state index in [4.69, 9.17) is 10.8 Å². The van der Waals surface area contributed by atoms with Crippen molar-refractivity contribution in [3.05, 3.63) is 32.9 Å². The van der Waals surface area contributed by atoms with Crippen LogP contribution in [-0.4, -0.2) is 11.1 Å². The number of benzene rings is 1. The van der Waals surface area contributed by atoms with E-state index < -0.39 is 12.0 Å². The maximum atomic E-state index is 10.6. The summed E-state index contributed by atoms with van der Waals surface area (Å²) in [6.45, 7) is 1.86. The van der Waals surface area contributed by atoms with Gasteiger partial charge in [0.2, 0.25) is 0 Å². The molecule has 0 bridgehead atoms. The molecular formula is C9H10INO2. The van der Waals surface area contributed by atoms with Crippen LogP contribution in [-0.2, 0) is 4.79 Å². The lowest BCUT2D eigenvalue weighted by Crippen LogP contribution is -2.21. The summed E-state index contributed by atoms with van der Waals surface area (Å²) in [7, 11) is 0. The van der Waals surface area contributed by atoms with E-state index in [9.17, 15) is 4.79 Å². The Morgan fingerprint density at radius 1 is 1.62 bits per heavy atom. The summed E-state index contributed by atoms with van der Waals surface area (Å²) < 4.78 is 0.995. The van der Waals surface area contributed by atoms with Gasteiger partial charge in [-0.3, -0.25) is 4.79 Å². The van der Waals surface area contributed by atoms with Crippen molar-refractivity contribution in [3.63, 3.8) is 0 Å². The van der Waals surface area contributed by atoms with Gasteiger partial charge in [0.25, 0.3) is 0 Å². The molecule has 0 aliphatic rings. The monoisotopic (exact) mass is 291 g/mol. The molecule has 70 valence electrons. The van der Waals surface area contributed by atoms with Crippen LogP contribution in [0, 0.1) is 10.5 Å². The molecule has 0 heterocycles. The van der Waals surface area contributed by atoms with Gasteiger partial charge in [0, 0.05) is 3.57 Å². The van der Waals surface area contributed by atoms with E-state index in [1.54, 1.807) is 6.07 Å². The van der Waals surface area contributed by atoms with Crippen molar-refractivity contribution in [2.45, 2.75) is 13.0 Å². The van der Waals surface area contributed by atoms with E-state index in [1.807, 2.05) is 19.1 Å². The molecule has 4 heteroatoms. The zero-order chi connectivity index (χ0) is 10.0. The summed E-state index contributed by atoms with van der Waals surface area (Å²) in [5.74, 6) is -0.995. The Morgan fingerprint density at radius 3 is 2.77 bits per heavy atom. The zero-order valence-electron chi connectivity index (χ0n) is 7.12. The molecule has 0 aliphatic heterocycles. The molecule has 1 atom stereocenters. The molecule has 0 unspecified atom stereocenters. The smallest absolute Gasteiger partial charge is 0.325 e. The number of rotatable bonds is 2. The average molecular weight is 291 g/mol. The van der Waals surface area contributed by atoms with Crippen LogP contribution in [0.1, 0.15) is 17.2 Å². The van der Waals surface area contributed by atoms with Crippen LogP contribution in [0.15, 0.2) is 18.2 Å². The first kappa shape index (κ1) is 10.5. The highest BCUT2D eigenvalue weighted by atomic mass is 127. The first-order chi connectivity index (χ1) is 6.02. The molecule has 0 saturated carbocycles.